The number of para-hydroxylation sites is 1. The van der Waals surface area contributed by atoms with Gasteiger partial charge in [-0.2, -0.15) is 5.10 Å². The van der Waals surface area contributed by atoms with Crippen molar-refractivity contribution in [3.8, 4) is 11.4 Å². The SMILES string of the molecule is Cc1c(NC(=S)NN=Cc2cc([N+](=O)[O-])ccc2[O-])c(=O)n(-c2ccccc2)n1C. The lowest BCUT2D eigenvalue weighted by Gasteiger charge is -2.09. The van der Waals surface area contributed by atoms with Crippen molar-refractivity contribution in [3.63, 3.8) is 0 Å². The Morgan fingerprint density at radius 1 is 1.23 bits per heavy atom. The van der Waals surface area contributed by atoms with E-state index in [0.29, 0.717) is 11.4 Å². The van der Waals surface area contributed by atoms with Crippen molar-refractivity contribution in [3.05, 3.63) is 80.3 Å². The zero-order valence-electron chi connectivity index (χ0n) is 16.0. The van der Waals surface area contributed by atoms with Crippen LogP contribution in [0.2, 0.25) is 0 Å². The number of nitro benzene ring substituents is 1. The van der Waals surface area contributed by atoms with Crippen LogP contribution in [-0.4, -0.2) is 25.6 Å². The summed E-state index contributed by atoms with van der Waals surface area (Å²) in [4.78, 5) is 23.1. The monoisotopic (exact) mass is 425 g/mol. The molecule has 3 aromatic rings. The zero-order valence-corrected chi connectivity index (χ0v) is 16.8. The number of rotatable bonds is 5. The molecule has 154 valence electrons. The van der Waals surface area contributed by atoms with Crippen LogP contribution < -0.4 is 21.4 Å². The second-order valence-electron chi connectivity index (χ2n) is 6.24. The van der Waals surface area contributed by atoms with E-state index in [1.54, 1.807) is 18.7 Å². The van der Waals surface area contributed by atoms with Gasteiger partial charge in [-0.1, -0.05) is 30.0 Å². The number of benzene rings is 2. The van der Waals surface area contributed by atoms with Gasteiger partial charge in [0.2, 0.25) is 0 Å². The Bertz CT molecular complexity index is 1200. The van der Waals surface area contributed by atoms with E-state index < -0.39 is 10.7 Å². The quantitative estimate of drug-likeness (QED) is 0.276. The van der Waals surface area contributed by atoms with Crippen LogP contribution in [0.1, 0.15) is 11.3 Å². The van der Waals surface area contributed by atoms with Gasteiger partial charge in [0.05, 0.1) is 22.5 Å². The fourth-order valence-corrected chi connectivity index (χ4v) is 2.92. The number of nitrogens with zero attached hydrogens (tertiary/aromatic N) is 4. The first-order valence-electron chi connectivity index (χ1n) is 8.69. The molecule has 2 aromatic carbocycles. The number of thiocarbonyl (C=S) groups is 1. The highest BCUT2D eigenvalue weighted by atomic mass is 32.1. The molecule has 1 aromatic heterocycles. The average molecular weight is 425 g/mol. The van der Waals surface area contributed by atoms with Crippen molar-refractivity contribution in [1.82, 2.24) is 14.8 Å². The smallest absolute Gasteiger partial charge is 0.295 e. The Morgan fingerprint density at radius 2 is 1.93 bits per heavy atom. The highest BCUT2D eigenvalue weighted by Gasteiger charge is 2.16. The molecule has 0 bridgehead atoms. The summed E-state index contributed by atoms with van der Waals surface area (Å²) in [6.07, 6.45) is 1.13. The van der Waals surface area contributed by atoms with Gasteiger partial charge in [0, 0.05) is 19.2 Å². The molecule has 0 amide bonds. The van der Waals surface area contributed by atoms with E-state index in [2.05, 4.69) is 15.8 Å². The molecule has 2 N–H and O–H groups in total. The Hall–Kier alpha value is -3.99. The van der Waals surface area contributed by atoms with Gasteiger partial charge >= 0.3 is 0 Å². The molecule has 0 saturated heterocycles. The predicted molar refractivity (Wildman–Crippen MR) is 115 cm³/mol. The molecule has 30 heavy (non-hydrogen) atoms. The minimum atomic E-state index is -0.605. The van der Waals surface area contributed by atoms with Gasteiger partial charge in [0.15, 0.2) is 5.11 Å². The minimum Gasteiger partial charge on any atom is -0.872 e. The minimum absolute atomic E-state index is 0.0233. The van der Waals surface area contributed by atoms with Crippen molar-refractivity contribution in [2.24, 2.45) is 12.1 Å². The number of hydrogen-bond acceptors (Lipinski definition) is 6. The van der Waals surface area contributed by atoms with Crippen LogP contribution in [-0.2, 0) is 7.05 Å². The van der Waals surface area contributed by atoms with Crippen molar-refractivity contribution < 1.29 is 10.0 Å². The number of nitrogens with one attached hydrogen (secondary N) is 2. The Kier molecular flexibility index (Phi) is 5.93. The summed E-state index contributed by atoms with van der Waals surface area (Å²) in [5, 5.41) is 29.3. The first-order chi connectivity index (χ1) is 14.3. The van der Waals surface area contributed by atoms with Gasteiger partial charge < -0.3 is 10.4 Å². The van der Waals surface area contributed by atoms with Crippen molar-refractivity contribution >= 4 is 34.9 Å². The zero-order chi connectivity index (χ0) is 21.8. The summed E-state index contributed by atoms with van der Waals surface area (Å²) < 4.78 is 3.19. The van der Waals surface area contributed by atoms with E-state index in [1.165, 1.54) is 4.68 Å². The molecule has 0 aliphatic rings. The van der Waals surface area contributed by atoms with Crippen LogP contribution in [0.25, 0.3) is 5.69 Å². The first kappa shape index (κ1) is 20.7. The molecule has 0 aliphatic carbocycles. The summed E-state index contributed by atoms with van der Waals surface area (Å²) in [5.74, 6) is -0.422. The highest BCUT2D eigenvalue weighted by molar-refractivity contribution is 7.80. The second kappa shape index (κ2) is 8.57. The molecule has 0 aliphatic heterocycles. The lowest BCUT2D eigenvalue weighted by molar-refractivity contribution is -0.385. The van der Waals surface area contributed by atoms with Gasteiger partial charge in [0.25, 0.3) is 11.2 Å². The fourth-order valence-electron chi connectivity index (χ4n) is 2.76. The third-order valence-corrected chi connectivity index (χ3v) is 4.56. The van der Waals surface area contributed by atoms with Crippen molar-refractivity contribution in [2.45, 2.75) is 6.92 Å². The summed E-state index contributed by atoms with van der Waals surface area (Å²) in [6.45, 7) is 1.77. The Morgan fingerprint density at radius 3 is 2.60 bits per heavy atom. The Balaban J connectivity index is 1.76. The maximum Gasteiger partial charge on any atom is 0.295 e. The van der Waals surface area contributed by atoms with E-state index in [1.807, 2.05) is 30.3 Å². The van der Waals surface area contributed by atoms with Crippen molar-refractivity contribution in [2.75, 3.05) is 5.32 Å². The molecule has 3 rings (SSSR count). The van der Waals surface area contributed by atoms with E-state index >= 15 is 0 Å². The van der Waals surface area contributed by atoms with Gasteiger partial charge in [-0.25, -0.2) is 4.68 Å². The van der Waals surface area contributed by atoms with Crippen LogP contribution in [0.5, 0.6) is 5.75 Å². The lowest BCUT2D eigenvalue weighted by Crippen LogP contribution is -2.28. The maximum atomic E-state index is 12.8. The summed E-state index contributed by atoms with van der Waals surface area (Å²) in [6, 6.07) is 12.5. The molecule has 0 atom stereocenters. The first-order valence-corrected chi connectivity index (χ1v) is 9.10. The molecular weight excluding hydrogens is 408 g/mol. The third-order valence-electron chi connectivity index (χ3n) is 4.37. The van der Waals surface area contributed by atoms with Crippen LogP contribution in [0.4, 0.5) is 11.4 Å². The fraction of sp³-hybridized carbons (Fsp3) is 0.105. The van der Waals surface area contributed by atoms with E-state index in [9.17, 15) is 20.0 Å². The number of hydrogen-bond donors (Lipinski definition) is 2. The topological polar surface area (TPSA) is 130 Å². The molecule has 0 spiro atoms. The molecule has 0 saturated carbocycles. The number of nitro groups is 1. The molecule has 10 nitrogen and oxygen atoms in total. The standard InChI is InChI=1S/C19H18N6O4S/c1-12-17(18(27)24(23(12)2)14-6-4-3-5-7-14)21-19(30)22-20-11-13-10-15(25(28)29)8-9-16(13)26/h3-11,26H,1-2H3,(H2,21,22,30)/p-1. The van der Waals surface area contributed by atoms with Crippen LogP contribution >= 0.6 is 12.2 Å². The van der Waals surface area contributed by atoms with Crippen LogP contribution in [0, 0.1) is 17.0 Å². The van der Waals surface area contributed by atoms with Gasteiger partial charge in [-0.15, -0.1) is 0 Å². The highest BCUT2D eigenvalue weighted by Crippen LogP contribution is 2.19. The number of hydrazone groups is 1. The maximum absolute atomic E-state index is 12.8. The van der Waals surface area contributed by atoms with Crippen LogP contribution in [0.15, 0.2) is 58.4 Å². The molecular formula is C19H17N6O4S-. The Labute approximate surface area is 176 Å². The second-order valence-corrected chi connectivity index (χ2v) is 6.65. The molecule has 11 heteroatoms. The molecule has 0 radical (unpaired) electrons. The molecule has 0 fully saturated rings. The van der Waals surface area contributed by atoms with Gasteiger partial charge in [-0.05, 0) is 36.8 Å². The average Bonchev–Trinajstić information content (AvgIpc) is 2.93. The third kappa shape index (κ3) is 4.20. The summed E-state index contributed by atoms with van der Waals surface area (Å²) >= 11 is 5.16. The van der Waals surface area contributed by atoms with Crippen molar-refractivity contribution in [1.29, 1.82) is 0 Å². The number of non-ortho nitro benzene ring substituents is 1. The molecule has 1 heterocycles. The van der Waals surface area contributed by atoms with Gasteiger partial charge in [-0.3, -0.25) is 25.0 Å². The van der Waals surface area contributed by atoms with E-state index in [4.69, 9.17) is 12.2 Å². The molecule has 0 unspecified atom stereocenters. The summed E-state index contributed by atoms with van der Waals surface area (Å²) in [5.41, 5.74) is 3.63. The number of anilines is 1. The van der Waals surface area contributed by atoms with Crippen LogP contribution in [0.3, 0.4) is 0 Å². The number of aromatic nitrogens is 2. The lowest BCUT2D eigenvalue weighted by atomic mass is 10.2. The summed E-state index contributed by atoms with van der Waals surface area (Å²) in [7, 11) is 1.75. The predicted octanol–water partition coefficient (Wildman–Crippen LogP) is 1.79. The van der Waals surface area contributed by atoms with E-state index in [-0.39, 0.29) is 27.6 Å². The largest absolute Gasteiger partial charge is 0.872 e. The van der Waals surface area contributed by atoms with Gasteiger partial charge in [0.1, 0.15) is 5.69 Å². The normalized spacial score (nSPS) is 10.9. The van der Waals surface area contributed by atoms with E-state index in [0.717, 1.165) is 24.4 Å².